The number of hydrogen-bond acceptors (Lipinski definition) is 3. The van der Waals surface area contributed by atoms with Gasteiger partial charge in [0.2, 0.25) is 0 Å². The smallest absolute Gasteiger partial charge is 0.127 e. The van der Waals surface area contributed by atoms with Gasteiger partial charge < -0.3 is 15.7 Å². The minimum absolute atomic E-state index is 0. The summed E-state index contributed by atoms with van der Waals surface area (Å²) >= 11 is 0. The van der Waals surface area contributed by atoms with E-state index >= 15 is 0 Å². The third-order valence-electron chi connectivity index (χ3n) is 3.89. The summed E-state index contributed by atoms with van der Waals surface area (Å²) in [6.07, 6.45) is 1.10. The number of aromatic nitrogens is 1. The van der Waals surface area contributed by atoms with E-state index in [-0.39, 0.29) is 17.9 Å². The minimum atomic E-state index is 0. The Morgan fingerprint density at radius 1 is 0.960 bits per heavy atom. The molecule has 1 heterocycles. The largest absolute Gasteiger partial charge is 0.412 e. The molecule has 4 nitrogen and oxygen atoms in total. The summed E-state index contributed by atoms with van der Waals surface area (Å²) in [5.41, 5.74) is 3.48. The molecule has 25 heavy (non-hydrogen) atoms. The van der Waals surface area contributed by atoms with Crippen molar-refractivity contribution < 1.29 is 5.48 Å². The fourth-order valence-corrected chi connectivity index (χ4v) is 2.73. The number of anilines is 1. The van der Waals surface area contributed by atoms with Crippen LogP contribution in [0.15, 0.2) is 60.7 Å². The Bertz CT molecular complexity index is 778. The topological polar surface area (TPSA) is 59.7 Å². The number of benzene rings is 2. The van der Waals surface area contributed by atoms with Crippen molar-refractivity contribution in [2.45, 2.75) is 6.42 Å². The molecule has 0 atom stereocenters. The van der Waals surface area contributed by atoms with Crippen molar-refractivity contribution in [3.05, 3.63) is 60.7 Å². The molecule has 2 aromatic carbocycles. The van der Waals surface area contributed by atoms with Gasteiger partial charge in [0, 0.05) is 11.9 Å². The number of rotatable bonds is 6. The van der Waals surface area contributed by atoms with E-state index in [1.807, 2.05) is 12.1 Å². The van der Waals surface area contributed by atoms with Crippen LogP contribution >= 0.6 is 12.4 Å². The molecule has 0 aliphatic rings. The van der Waals surface area contributed by atoms with Crippen LogP contribution in [0.25, 0.3) is 22.0 Å². The Hall–Kier alpha value is -2.14. The lowest BCUT2D eigenvalue weighted by molar-refractivity contribution is 0.405. The van der Waals surface area contributed by atoms with Crippen molar-refractivity contribution in [1.82, 2.24) is 9.88 Å². The fraction of sp³-hybridized carbons (Fsp3) is 0.250. The van der Waals surface area contributed by atoms with E-state index < -0.39 is 0 Å². The number of halogens is 1. The van der Waals surface area contributed by atoms with E-state index in [1.54, 1.807) is 0 Å². The Labute approximate surface area is 155 Å². The van der Waals surface area contributed by atoms with Crippen LogP contribution < -0.4 is 5.32 Å². The van der Waals surface area contributed by atoms with Gasteiger partial charge >= 0.3 is 0 Å². The molecule has 0 saturated carbocycles. The molecule has 5 heteroatoms. The zero-order valence-electron chi connectivity index (χ0n) is 14.7. The standard InChI is InChI=1S/C20H23N3.ClH.H2O/c1-23(2)14-8-13-21-20-15-18(16-9-4-3-5-10-16)17-11-6-7-12-19(17)22-20;;/h3-7,9-12,15H,8,13-14H2,1-2H3,(H,21,22);1H;1H2. The van der Waals surface area contributed by atoms with Crippen LogP contribution in [-0.2, 0) is 0 Å². The van der Waals surface area contributed by atoms with Crippen molar-refractivity contribution >= 4 is 29.1 Å². The van der Waals surface area contributed by atoms with Gasteiger partial charge in [-0.3, -0.25) is 0 Å². The zero-order chi connectivity index (χ0) is 16.1. The van der Waals surface area contributed by atoms with Crippen molar-refractivity contribution in [1.29, 1.82) is 0 Å². The summed E-state index contributed by atoms with van der Waals surface area (Å²) in [5.74, 6) is 0.946. The number of pyridine rings is 1. The summed E-state index contributed by atoms with van der Waals surface area (Å²) in [4.78, 5) is 6.95. The fourth-order valence-electron chi connectivity index (χ4n) is 2.73. The molecule has 1 aromatic heterocycles. The van der Waals surface area contributed by atoms with Gasteiger partial charge in [0.25, 0.3) is 0 Å². The normalized spacial score (nSPS) is 10.2. The van der Waals surface area contributed by atoms with E-state index in [0.29, 0.717) is 0 Å². The lowest BCUT2D eigenvalue weighted by Gasteiger charge is -2.13. The Kier molecular flexibility index (Phi) is 8.35. The quantitative estimate of drug-likeness (QED) is 0.680. The van der Waals surface area contributed by atoms with Crippen molar-refractivity contribution in [3.63, 3.8) is 0 Å². The molecule has 0 spiro atoms. The molecule has 3 N–H and O–H groups in total. The number of fused-ring (bicyclic) bond motifs is 1. The van der Waals surface area contributed by atoms with Crippen LogP contribution in [0.5, 0.6) is 0 Å². The van der Waals surface area contributed by atoms with Crippen LogP contribution in [0.3, 0.4) is 0 Å². The van der Waals surface area contributed by atoms with E-state index in [0.717, 1.165) is 30.8 Å². The molecule has 0 aliphatic carbocycles. The monoisotopic (exact) mass is 359 g/mol. The van der Waals surface area contributed by atoms with Gasteiger partial charge in [-0.05, 0) is 50.3 Å². The highest BCUT2D eigenvalue weighted by Gasteiger charge is 2.07. The first-order valence-electron chi connectivity index (χ1n) is 8.08. The molecule has 0 bridgehead atoms. The summed E-state index contributed by atoms with van der Waals surface area (Å²) < 4.78 is 0. The number of nitrogens with one attached hydrogen (secondary N) is 1. The van der Waals surface area contributed by atoms with Crippen molar-refractivity contribution in [2.24, 2.45) is 0 Å². The van der Waals surface area contributed by atoms with Gasteiger partial charge in [0.05, 0.1) is 5.52 Å². The van der Waals surface area contributed by atoms with Gasteiger partial charge in [0.15, 0.2) is 0 Å². The third kappa shape index (κ3) is 5.43. The lowest BCUT2D eigenvalue weighted by atomic mass is 10.0. The van der Waals surface area contributed by atoms with Crippen LogP contribution in [0.1, 0.15) is 6.42 Å². The second-order valence-electron chi connectivity index (χ2n) is 6.02. The van der Waals surface area contributed by atoms with Crippen LogP contribution in [0.2, 0.25) is 0 Å². The molecular weight excluding hydrogens is 334 g/mol. The van der Waals surface area contributed by atoms with Crippen LogP contribution in [-0.4, -0.2) is 42.5 Å². The molecule has 0 radical (unpaired) electrons. The SMILES string of the molecule is CN(C)CCCNc1cc(-c2ccccc2)c2ccccc2n1.Cl.O. The molecule has 0 amide bonds. The van der Waals surface area contributed by atoms with Crippen LogP contribution in [0.4, 0.5) is 5.82 Å². The van der Waals surface area contributed by atoms with E-state index in [1.165, 1.54) is 16.5 Å². The zero-order valence-corrected chi connectivity index (χ0v) is 15.5. The minimum Gasteiger partial charge on any atom is -0.412 e. The molecule has 0 fully saturated rings. The maximum Gasteiger partial charge on any atom is 0.127 e. The summed E-state index contributed by atoms with van der Waals surface area (Å²) in [5, 5.41) is 4.66. The molecule has 0 aliphatic heterocycles. The second kappa shape index (κ2) is 9.99. The van der Waals surface area contributed by atoms with E-state index in [4.69, 9.17) is 4.98 Å². The highest BCUT2D eigenvalue weighted by molar-refractivity contribution is 5.96. The molecular formula is C20H26ClN3O. The first-order chi connectivity index (χ1) is 11.2. The first kappa shape index (κ1) is 20.9. The summed E-state index contributed by atoms with van der Waals surface area (Å²) in [7, 11) is 4.20. The average molecular weight is 360 g/mol. The predicted octanol–water partition coefficient (Wildman–Crippen LogP) is 3.86. The van der Waals surface area contributed by atoms with Gasteiger partial charge in [-0.15, -0.1) is 12.4 Å². The average Bonchev–Trinajstić information content (AvgIpc) is 2.58. The second-order valence-corrected chi connectivity index (χ2v) is 6.02. The number of hydrogen-bond donors (Lipinski definition) is 1. The van der Waals surface area contributed by atoms with Gasteiger partial charge in [-0.25, -0.2) is 4.98 Å². The first-order valence-corrected chi connectivity index (χ1v) is 8.08. The van der Waals surface area contributed by atoms with Gasteiger partial charge in [0.1, 0.15) is 5.82 Å². The molecule has 134 valence electrons. The van der Waals surface area contributed by atoms with E-state index in [2.05, 4.69) is 72.8 Å². The molecule has 3 aromatic rings. The summed E-state index contributed by atoms with van der Waals surface area (Å²) in [6, 6.07) is 21.0. The molecule has 0 unspecified atom stereocenters. The Morgan fingerprint density at radius 2 is 1.64 bits per heavy atom. The lowest BCUT2D eigenvalue weighted by Crippen LogP contribution is -2.16. The van der Waals surface area contributed by atoms with Gasteiger partial charge in [-0.1, -0.05) is 48.5 Å². The van der Waals surface area contributed by atoms with Crippen LogP contribution in [0, 0.1) is 0 Å². The molecule has 3 rings (SSSR count). The Morgan fingerprint density at radius 3 is 2.36 bits per heavy atom. The maximum absolute atomic E-state index is 4.75. The predicted molar refractivity (Wildman–Crippen MR) is 110 cm³/mol. The molecule has 0 saturated heterocycles. The number of nitrogens with zero attached hydrogens (tertiary/aromatic N) is 2. The Balaban J connectivity index is 0.00000156. The van der Waals surface area contributed by atoms with E-state index in [9.17, 15) is 0 Å². The van der Waals surface area contributed by atoms with Crippen molar-refractivity contribution in [2.75, 3.05) is 32.5 Å². The van der Waals surface area contributed by atoms with Crippen molar-refractivity contribution in [3.8, 4) is 11.1 Å². The maximum atomic E-state index is 4.75. The van der Waals surface area contributed by atoms with Gasteiger partial charge in [-0.2, -0.15) is 0 Å². The third-order valence-corrected chi connectivity index (χ3v) is 3.89. The summed E-state index contributed by atoms with van der Waals surface area (Å²) in [6.45, 7) is 2.00. The highest BCUT2D eigenvalue weighted by Crippen LogP contribution is 2.29. The number of para-hydroxylation sites is 1. The highest BCUT2D eigenvalue weighted by atomic mass is 35.5.